The first kappa shape index (κ1) is 16.9. The normalized spacial score (nSPS) is 14.8. The molecular weight excluding hydrogens is 352 g/mol. The number of hydrogen-bond acceptors (Lipinski definition) is 7. The van der Waals surface area contributed by atoms with Gasteiger partial charge in [0.2, 0.25) is 10.0 Å². The van der Waals surface area contributed by atoms with E-state index in [4.69, 9.17) is 4.52 Å². The Morgan fingerprint density at radius 1 is 1.46 bits per heavy atom. The highest BCUT2D eigenvalue weighted by Gasteiger charge is 2.27. The Kier molecular flexibility index (Phi) is 4.35. The van der Waals surface area contributed by atoms with E-state index < -0.39 is 10.0 Å². The van der Waals surface area contributed by atoms with Crippen LogP contribution in [0, 0.1) is 0 Å². The van der Waals surface area contributed by atoms with Gasteiger partial charge in [0.1, 0.15) is 5.76 Å². The lowest BCUT2D eigenvalue weighted by Gasteiger charge is -2.25. The zero-order valence-corrected chi connectivity index (χ0v) is 15.2. The van der Waals surface area contributed by atoms with Crippen LogP contribution in [0.25, 0.3) is 0 Å². The van der Waals surface area contributed by atoms with Gasteiger partial charge >= 0.3 is 0 Å². The Morgan fingerprint density at radius 2 is 2.21 bits per heavy atom. The number of fused-ring (bicyclic) bond motifs is 1. The summed E-state index contributed by atoms with van der Waals surface area (Å²) in [4.78, 5) is 19.4. The van der Waals surface area contributed by atoms with Gasteiger partial charge in [-0.2, -0.15) is 0 Å². The molecule has 130 valence electrons. The maximum Gasteiger partial charge on any atom is 0.276 e. The molecule has 0 aliphatic carbocycles. The first-order valence-electron chi connectivity index (χ1n) is 7.45. The highest BCUT2D eigenvalue weighted by Crippen LogP contribution is 2.29. The Morgan fingerprint density at radius 3 is 2.83 bits per heavy atom. The molecule has 0 spiro atoms. The number of aromatic nitrogens is 2. The number of sulfonamides is 1. The van der Waals surface area contributed by atoms with Crippen molar-refractivity contribution in [3.05, 3.63) is 28.1 Å². The summed E-state index contributed by atoms with van der Waals surface area (Å²) >= 11 is 1.25. The van der Waals surface area contributed by atoms with Gasteiger partial charge in [-0.15, -0.1) is 0 Å². The number of hydrogen-bond donors (Lipinski definition) is 1. The predicted molar refractivity (Wildman–Crippen MR) is 89.6 cm³/mol. The summed E-state index contributed by atoms with van der Waals surface area (Å²) in [5.41, 5.74) is 1.12. The summed E-state index contributed by atoms with van der Waals surface area (Å²) in [6, 6.07) is 1.67. The third kappa shape index (κ3) is 3.59. The molecule has 2 aromatic rings. The highest BCUT2D eigenvalue weighted by atomic mass is 32.2. The van der Waals surface area contributed by atoms with Gasteiger partial charge in [0, 0.05) is 29.8 Å². The number of nitrogens with zero attached hydrogens (tertiary/aromatic N) is 3. The number of carbonyl (C=O) groups is 1. The van der Waals surface area contributed by atoms with Gasteiger partial charge in [-0.05, 0) is 0 Å². The second kappa shape index (κ2) is 6.17. The molecule has 0 atom stereocenters. The minimum Gasteiger partial charge on any atom is -0.360 e. The quantitative estimate of drug-likeness (QED) is 0.880. The fraction of sp³-hybridized carbons (Fsp3) is 0.500. The van der Waals surface area contributed by atoms with E-state index in [1.807, 2.05) is 13.8 Å². The molecular formula is C14H18N4O4S2. The van der Waals surface area contributed by atoms with E-state index in [9.17, 15) is 13.2 Å². The van der Waals surface area contributed by atoms with E-state index in [1.54, 1.807) is 11.0 Å². The SMILES string of the molecule is CC(C)c1cc(C(=O)N2CCc3nc(NS(C)(=O)=O)sc3C2)no1. The molecule has 0 saturated heterocycles. The van der Waals surface area contributed by atoms with Crippen LogP contribution in [0.15, 0.2) is 10.6 Å². The van der Waals surface area contributed by atoms with Crippen molar-refractivity contribution >= 4 is 32.4 Å². The fourth-order valence-electron chi connectivity index (χ4n) is 2.40. The van der Waals surface area contributed by atoms with Crippen molar-refractivity contribution in [1.82, 2.24) is 15.0 Å². The van der Waals surface area contributed by atoms with Gasteiger partial charge in [0.25, 0.3) is 5.91 Å². The molecule has 0 unspecified atom stereocenters. The zero-order valence-electron chi connectivity index (χ0n) is 13.6. The van der Waals surface area contributed by atoms with Crippen molar-refractivity contribution in [2.45, 2.75) is 32.7 Å². The van der Waals surface area contributed by atoms with Gasteiger partial charge in [0.05, 0.1) is 18.5 Å². The Labute approximate surface area is 143 Å². The summed E-state index contributed by atoms with van der Waals surface area (Å²) in [7, 11) is -3.36. The number of anilines is 1. The summed E-state index contributed by atoms with van der Waals surface area (Å²) in [6.07, 6.45) is 1.66. The van der Waals surface area contributed by atoms with Crippen molar-refractivity contribution in [2.24, 2.45) is 0 Å². The van der Waals surface area contributed by atoms with E-state index in [2.05, 4.69) is 14.9 Å². The minimum atomic E-state index is -3.36. The van der Waals surface area contributed by atoms with Crippen LogP contribution in [-0.2, 0) is 23.0 Å². The molecule has 0 radical (unpaired) electrons. The summed E-state index contributed by atoms with van der Waals surface area (Å²) in [5.74, 6) is 0.647. The average molecular weight is 370 g/mol. The molecule has 8 nitrogen and oxygen atoms in total. The number of carbonyl (C=O) groups excluding carboxylic acids is 1. The monoisotopic (exact) mass is 370 g/mol. The van der Waals surface area contributed by atoms with Crippen LogP contribution in [0.5, 0.6) is 0 Å². The van der Waals surface area contributed by atoms with Crippen molar-refractivity contribution in [2.75, 3.05) is 17.5 Å². The first-order chi connectivity index (χ1) is 11.2. The molecule has 0 saturated carbocycles. The minimum absolute atomic E-state index is 0.165. The largest absolute Gasteiger partial charge is 0.360 e. The van der Waals surface area contributed by atoms with E-state index >= 15 is 0 Å². The number of nitrogens with one attached hydrogen (secondary N) is 1. The van der Waals surface area contributed by atoms with Crippen molar-refractivity contribution in [1.29, 1.82) is 0 Å². The molecule has 1 amide bonds. The predicted octanol–water partition coefficient (Wildman–Crippen LogP) is 1.82. The lowest BCUT2D eigenvalue weighted by molar-refractivity contribution is 0.0725. The van der Waals surface area contributed by atoms with Crippen molar-refractivity contribution < 1.29 is 17.7 Å². The molecule has 1 aliphatic rings. The number of thiazole rings is 1. The van der Waals surface area contributed by atoms with Crippen LogP contribution in [-0.4, -0.2) is 42.2 Å². The van der Waals surface area contributed by atoms with Gasteiger partial charge in [-0.25, -0.2) is 13.4 Å². The molecule has 24 heavy (non-hydrogen) atoms. The Bertz CT molecular complexity index is 869. The Hall–Kier alpha value is -1.94. The average Bonchev–Trinajstić information content (AvgIpc) is 3.10. The van der Waals surface area contributed by atoms with Crippen molar-refractivity contribution in [3.63, 3.8) is 0 Å². The smallest absolute Gasteiger partial charge is 0.276 e. The number of amides is 1. The van der Waals surface area contributed by atoms with Gasteiger partial charge in [-0.3, -0.25) is 9.52 Å². The van der Waals surface area contributed by atoms with Gasteiger partial charge < -0.3 is 9.42 Å². The highest BCUT2D eigenvalue weighted by molar-refractivity contribution is 7.92. The van der Waals surface area contributed by atoms with E-state index in [-0.39, 0.29) is 11.8 Å². The molecule has 0 aromatic carbocycles. The van der Waals surface area contributed by atoms with Crippen LogP contribution in [0.3, 0.4) is 0 Å². The van der Waals surface area contributed by atoms with Crippen LogP contribution in [0.4, 0.5) is 5.13 Å². The third-order valence-electron chi connectivity index (χ3n) is 3.61. The first-order valence-corrected chi connectivity index (χ1v) is 10.2. The van der Waals surface area contributed by atoms with Crippen molar-refractivity contribution in [3.8, 4) is 0 Å². The van der Waals surface area contributed by atoms with E-state index in [0.717, 1.165) is 16.8 Å². The topological polar surface area (TPSA) is 105 Å². The molecule has 0 fully saturated rings. The second-order valence-electron chi connectivity index (χ2n) is 6.01. The number of rotatable bonds is 4. The molecule has 1 N–H and O–H groups in total. The molecule has 1 aliphatic heterocycles. The maximum atomic E-state index is 12.6. The lowest BCUT2D eigenvalue weighted by Crippen LogP contribution is -2.35. The van der Waals surface area contributed by atoms with E-state index in [1.165, 1.54) is 11.3 Å². The van der Waals surface area contributed by atoms with Gasteiger partial charge in [0.15, 0.2) is 10.8 Å². The maximum absolute atomic E-state index is 12.6. The Balaban J connectivity index is 1.75. The molecule has 2 aromatic heterocycles. The standard InChI is InChI=1S/C14H18N4O4S2/c1-8(2)11-6-10(16-22-11)13(19)18-5-4-9-12(7-18)23-14(15-9)17-24(3,20)21/h6,8H,4-5,7H2,1-3H3,(H,15,17). The summed E-state index contributed by atoms with van der Waals surface area (Å²) in [5, 5.41) is 4.19. The molecule has 3 rings (SSSR count). The van der Waals surface area contributed by atoms with Crippen LogP contribution in [0.1, 0.15) is 46.6 Å². The molecule has 0 bridgehead atoms. The third-order valence-corrected chi connectivity index (χ3v) is 5.30. The van der Waals surface area contributed by atoms with Gasteiger partial charge in [-0.1, -0.05) is 30.3 Å². The second-order valence-corrected chi connectivity index (χ2v) is 8.84. The molecule has 10 heteroatoms. The summed E-state index contributed by atoms with van der Waals surface area (Å²) in [6.45, 7) is 4.84. The lowest BCUT2D eigenvalue weighted by atomic mass is 10.1. The van der Waals surface area contributed by atoms with E-state index in [0.29, 0.717) is 36.1 Å². The van der Waals surface area contributed by atoms with Crippen LogP contribution in [0.2, 0.25) is 0 Å². The zero-order chi connectivity index (χ0) is 17.5. The fourth-order valence-corrected chi connectivity index (χ4v) is 4.25. The summed E-state index contributed by atoms with van der Waals surface area (Å²) < 4.78 is 30.2. The van der Waals surface area contributed by atoms with Crippen LogP contribution >= 0.6 is 11.3 Å². The van der Waals surface area contributed by atoms with Crippen LogP contribution < -0.4 is 4.72 Å². The molecule has 3 heterocycles.